The highest BCUT2D eigenvalue weighted by atomic mass is 16.5. The third-order valence-corrected chi connectivity index (χ3v) is 5.20. The Morgan fingerprint density at radius 2 is 1.63 bits per heavy atom. The summed E-state index contributed by atoms with van der Waals surface area (Å²) in [5.74, 6) is 0.929. The van der Waals surface area contributed by atoms with Crippen LogP contribution in [0.3, 0.4) is 0 Å². The highest BCUT2D eigenvalue weighted by molar-refractivity contribution is 5.90. The van der Waals surface area contributed by atoms with E-state index >= 15 is 0 Å². The molecule has 1 aliphatic carbocycles. The van der Waals surface area contributed by atoms with Crippen molar-refractivity contribution in [2.24, 2.45) is 0 Å². The van der Waals surface area contributed by atoms with Crippen LogP contribution in [0.1, 0.15) is 64.0 Å². The first kappa shape index (κ1) is 19.5. The number of hydrogen-bond donors (Lipinski definition) is 1. The second kappa shape index (κ2) is 8.60. The van der Waals surface area contributed by atoms with Crippen molar-refractivity contribution in [3.8, 4) is 5.75 Å². The van der Waals surface area contributed by atoms with E-state index in [4.69, 9.17) is 4.74 Å². The molecule has 1 fully saturated rings. The molecule has 0 unspecified atom stereocenters. The van der Waals surface area contributed by atoms with Gasteiger partial charge in [-0.15, -0.1) is 0 Å². The van der Waals surface area contributed by atoms with Crippen molar-refractivity contribution in [3.63, 3.8) is 0 Å². The third-order valence-electron chi connectivity index (χ3n) is 5.20. The lowest BCUT2D eigenvalue weighted by atomic mass is 9.86. The molecule has 1 aliphatic rings. The first-order valence-electron chi connectivity index (χ1n) is 10.1. The summed E-state index contributed by atoms with van der Waals surface area (Å²) in [6.07, 6.45) is 6.41. The molecule has 0 aliphatic heterocycles. The van der Waals surface area contributed by atoms with E-state index in [1.54, 1.807) is 0 Å². The quantitative estimate of drug-likeness (QED) is 0.694. The van der Waals surface area contributed by atoms with Crippen LogP contribution in [0.25, 0.3) is 0 Å². The molecule has 0 atom stereocenters. The van der Waals surface area contributed by atoms with Gasteiger partial charge in [0.2, 0.25) is 5.91 Å². The number of hydrogen-bond acceptors (Lipinski definition) is 2. The van der Waals surface area contributed by atoms with Crippen molar-refractivity contribution in [2.75, 3.05) is 5.32 Å². The largest absolute Gasteiger partial charge is 0.490 e. The van der Waals surface area contributed by atoms with Crippen LogP contribution < -0.4 is 10.1 Å². The van der Waals surface area contributed by atoms with Crippen LogP contribution in [0.4, 0.5) is 5.69 Å². The Morgan fingerprint density at radius 3 is 2.22 bits per heavy atom. The Hall–Kier alpha value is -2.29. The number of benzene rings is 2. The minimum absolute atomic E-state index is 0.0411. The highest BCUT2D eigenvalue weighted by Crippen LogP contribution is 2.25. The Labute approximate surface area is 163 Å². The van der Waals surface area contributed by atoms with Gasteiger partial charge >= 0.3 is 0 Å². The van der Waals surface area contributed by atoms with E-state index in [-0.39, 0.29) is 11.3 Å². The normalized spacial score (nSPS) is 14.9. The van der Waals surface area contributed by atoms with Crippen molar-refractivity contribution in [2.45, 2.75) is 70.8 Å². The number of nitrogens with one attached hydrogen (secondary N) is 1. The summed E-state index contributed by atoms with van der Waals surface area (Å²) in [4.78, 5) is 12.2. The van der Waals surface area contributed by atoms with Crippen LogP contribution in [0.5, 0.6) is 5.75 Å². The molecular formula is C24H31NO2. The zero-order valence-corrected chi connectivity index (χ0v) is 16.8. The smallest absolute Gasteiger partial charge is 0.224 e. The molecule has 0 radical (unpaired) electrons. The average Bonchev–Trinajstić information content (AvgIpc) is 3.14. The van der Waals surface area contributed by atoms with Gasteiger partial charge in [0.1, 0.15) is 5.75 Å². The molecule has 3 nitrogen and oxygen atoms in total. The van der Waals surface area contributed by atoms with Gasteiger partial charge in [0.05, 0.1) is 6.10 Å². The van der Waals surface area contributed by atoms with Gasteiger partial charge in [-0.05, 0) is 72.9 Å². The fourth-order valence-electron chi connectivity index (χ4n) is 3.47. The fraction of sp³-hybridized carbons (Fsp3) is 0.458. The van der Waals surface area contributed by atoms with E-state index in [2.05, 4.69) is 50.4 Å². The summed E-state index contributed by atoms with van der Waals surface area (Å²) in [6.45, 7) is 6.62. The van der Waals surface area contributed by atoms with Crippen LogP contribution in [-0.2, 0) is 16.6 Å². The molecule has 2 aromatic rings. The Kier molecular flexibility index (Phi) is 6.20. The molecule has 0 heterocycles. The lowest BCUT2D eigenvalue weighted by Crippen LogP contribution is -2.13. The Morgan fingerprint density at radius 1 is 1.00 bits per heavy atom. The number of ether oxygens (including phenoxy) is 1. The van der Waals surface area contributed by atoms with Gasteiger partial charge < -0.3 is 10.1 Å². The first-order chi connectivity index (χ1) is 12.9. The molecule has 2 aromatic carbocycles. The lowest BCUT2D eigenvalue weighted by Gasteiger charge is -2.19. The van der Waals surface area contributed by atoms with Gasteiger partial charge in [-0.1, -0.05) is 45.0 Å². The van der Waals surface area contributed by atoms with E-state index < -0.39 is 0 Å². The zero-order chi connectivity index (χ0) is 19.3. The molecule has 1 amide bonds. The molecule has 0 saturated heterocycles. The maximum atomic E-state index is 12.2. The maximum absolute atomic E-state index is 12.2. The monoisotopic (exact) mass is 365 g/mol. The van der Waals surface area contributed by atoms with E-state index in [9.17, 15) is 4.79 Å². The number of carbonyl (C=O) groups excluding carboxylic acids is 1. The summed E-state index contributed by atoms with van der Waals surface area (Å²) in [7, 11) is 0. The van der Waals surface area contributed by atoms with Crippen molar-refractivity contribution in [1.29, 1.82) is 0 Å². The molecule has 27 heavy (non-hydrogen) atoms. The molecule has 3 rings (SSSR count). The lowest BCUT2D eigenvalue weighted by molar-refractivity contribution is -0.116. The highest BCUT2D eigenvalue weighted by Gasteiger charge is 2.16. The van der Waals surface area contributed by atoms with Gasteiger partial charge in [0, 0.05) is 12.1 Å². The maximum Gasteiger partial charge on any atom is 0.224 e. The van der Waals surface area contributed by atoms with E-state index in [0.717, 1.165) is 30.7 Å². The van der Waals surface area contributed by atoms with Gasteiger partial charge in [0.25, 0.3) is 0 Å². The minimum atomic E-state index is 0.0411. The van der Waals surface area contributed by atoms with Gasteiger partial charge in [-0.3, -0.25) is 4.79 Å². The molecule has 0 spiro atoms. The summed E-state index contributed by atoms with van der Waals surface area (Å²) in [5.41, 5.74) is 3.49. The number of rotatable bonds is 6. The Balaban J connectivity index is 1.46. The van der Waals surface area contributed by atoms with Crippen LogP contribution in [0.2, 0.25) is 0 Å². The summed E-state index contributed by atoms with van der Waals surface area (Å²) in [5, 5.41) is 2.97. The Bertz CT molecular complexity index is 735. The molecule has 0 bridgehead atoms. The van der Waals surface area contributed by atoms with Crippen LogP contribution in [-0.4, -0.2) is 12.0 Å². The second-order valence-electron chi connectivity index (χ2n) is 8.54. The predicted molar refractivity (Wildman–Crippen MR) is 111 cm³/mol. The van der Waals surface area contributed by atoms with Crippen molar-refractivity contribution in [3.05, 3.63) is 59.7 Å². The number of carbonyl (C=O) groups is 1. The topological polar surface area (TPSA) is 38.3 Å². The predicted octanol–water partition coefficient (Wildman–Crippen LogP) is 5.88. The van der Waals surface area contributed by atoms with Crippen LogP contribution >= 0.6 is 0 Å². The summed E-state index contributed by atoms with van der Waals surface area (Å²) < 4.78 is 5.96. The van der Waals surface area contributed by atoms with Gasteiger partial charge in [-0.25, -0.2) is 0 Å². The molecule has 1 saturated carbocycles. The van der Waals surface area contributed by atoms with Crippen LogP contribution in [0.15, 0.2) is 48.5 Å². The zero-order valence-electron chi connectivity index (χ0n) is 16.8. The van der Waals surface area contributed by atoms with Crippen molar-refractivity contribution < 1.29 is 9.53 Å². The first-order valence-corrected chi connectivity index (χ1v) is 10.1. The molecule has 144 valence electrons. The van der Waals surface area contributed by atoms with E-state index in [1.165, 1.54) is 24.0 Å². The van der Waals surface area contributed by atoms with E-state index in [0.29, 0.717) is 12.5 Å². The van der Waals surface area contributed by atoms with Crippen molar-refractivity contribution >= 4 is 11.6 Å². The minimum Gasteiger partial charge on any atom is -0.490 e. The molecule has 1 N–H and O–H groups in total. The number of amides is 1. The standard InChI is InChI=1S/C24H31NO2/c1-24(2,3)19-11-8-18(9-12-19)10-17-23(26)25-20-13-15-22(16-14-20)27-21-6-4-5-7-21/h8-9,11-16,21H,4-7,10,17H2,1-3H3,(H,25,26). The van der Waals surface area contributed by atoms with Gasteiger partial charge in [0.15, 0.2) is 0 Å². The fourth-order valence-corrected chi connectivity index (χ4v) is 3.47. The van der Waals surface area contributed by atoms with E-state index in [1.807, 2.05) is 24.3 Å². The second-order valence-corrected chi connectivity index (χ2v) is 8.54. The molecular weight excluding hydrogens is 334 g/mol. The summed E-state index contributed by atoms with van der Waals surface area (Å²) >= 11 is 0. The number of aryl methyl sites for hydroxylation is 1. The average molecular weight is 366 g/mol. The molecule has 0 aromatic heterocycles. The van der Waals surface area contributed by atoms with Crippen molar-refractivity contribution in [1.82, 2.24) is 0 Å². The van der Waals surface area contributed by atoms with Crippen LogP contribution in [0, 0.1) is 0 Å². The third kappa shape index (κ3) is 5.85. The summed E-state index contributed by atoms with van der Waals surface area (Å²) in [6, 6.07) is 16.3. The van der Waals surface area contributed by atoms with Gasteiger partial charge in [-0.2, -0.15) is 0 Å². The SMILES string of the molecule is CC(C)(C)c1ccc(CCC(=O)Nc2ccc(OC3CCCC3)cc2)cc1. The molecule has 3 heteroatoms. The number of anilines is 1.